The summed E-state index contributed by atoms with van der Waals surface area (Å²) in [4.78, 5) is 16.8. The van der Waals surface area contributed by atoms with Crippen molar-refractivity contribution in [1.29, 1.82) is 0 Å². The molecule has 1 amide bonds. The van der Waals surface area contributed by atoms with E-state index < -0.39 is 6.04 Å². The molecule has 1 unspecified atom stereocenters. The van der Waals surface area contributed by atoms with E-state index in [0.29, 0.717) is 13.0 Å². The maximum atomic E-state index is 12.7. The van der Waals surface area contributed by atoms with E-state index in [0.717, 1.165) is 18.7 Å². The van der Waals surface area contributed by atoms with E-state index in [1.807, 2.05) is 43.4 Å². The van der Waals surface area contributed by atoms with Gasteiger partial charge in [-0.15, -0.1) is 0 Å². The quantitative estimate of drug-likeness (QED) is 0.882. The lowest BCUT2D eigenvalue weighted by Crippen LogP contribution is -2.42. The van der Waals surface area contributed by atoms with Gasteiger partial charge in [0.1, 0.15) is 0 Å². The molecule has 1 heterocycles. The van der Waals surface area contributed by atoms with E-state index >= 15 is 0 Å². The van der Waals surface area contributed by atoms with E-state index in [9.17, 15) is 4.79 Å². The summed E-state index contributed by atoms with van der Waals surface area (Å²) in [6, 6.07) is 17.8. The first-order valence-corrected chi connectivity index (χ1v) is 9.02. The van der Waals surface area contributed by atoms with Crippen LogP contribution in [-0.4, -0.2) is 37.0 Å². The van der Waals surface area contributed by atoms with Crippen molar-refractivity contribution in [2.24, 2.45) is 5.73 Å². The molecule has 25 heavy (non-hydrogen) atoms. The first-order valence-electron chi connectivity index (χ1n) is 9.02. The minimum absolute atomic E-state index is 0.0138. The fraction of sp³-hybridized carbons (Fsp3) is 0.381. The molecule has 1 aliphatic rings. The summed E-state index contributed by atoms with van der Waals surface area (Å²) in [5.74, 6) is -0.0138. The zero-order valence-electron chi connectivity index (χ0n) is 14.9. The summed E-state index contributed by atoms with van der Waals surface area (Å²) in [5.41, 5.74) is 9.69. The Balaban J connectivity index is 1.65. The number of amides is 1. The molecule has 132 valence electrons. The molecule has 4 heteroatoms. The Bertz CT molecular complexity index is 695. The van der Waals surface area contributed by atoms with Gasteiger partial charge in [-0.25, -0.2) is 0 Å². The number of hydrogen-bond donors (Lipinski definition) is 1. The van der Waals surface area contributed by atoms with Crippen LogP contribution < -0.4 is 10.6 Å². The number of carbonyl (C=O) groups excluding carboxylic acids is 1. The number of nitrogens with zero attached hydrogens (tertiary/aromatic N) is 2. The third-order valence-corrected chi connectivity index (χ3v) is 4.84. The fourth-order valence-electron chi connectivity index (χ4n) is 3.48. The molecule has 1 atom stereocenters. The number of para-hydroxylation sites is 1. The largest absolute Gasteiger partial charge is 0.371 e. The standard InChI is InChI=1S/C21H27N3O/c1-23(21(25)19(22)15-17-9-3-2-4-10-17)16-18-11-5-6-12-20(18)24-13-7-8-14-24/h2-6,9-12,19H,7-8,13-16,22H2,1H3. The number of rotatable bonds is 6. The maximum Gasteiger partial charge on any atom is 0.239 e. The van der Waals surface area contributed by atoms with Crippen molar-refractivity contribution in [1.82, 2.24) is 4.90 Å². The van der Waals surface area contributed by atoms with Gasteiger partial charge in [-0.3, -0.25) is 4.79 Å². The molecule has 2 aromatic carbocycles. The van der Waals surface area contributed by atoms with Crippen LogP contribution in [0.25, 0.3) is 0 Å². The summed E-state index contributed by atoms with van der Waals surface area (Å²) < 4.78 is 0. The van der Waals surface area contributed by atoms with Gasteiger partial charge in [0, 0.05) is 32.4 Å². The Morgan fingerprint density at radius 3 is 2.44 bits per heavy atom. The van der Waals surface area contributed by atoms with Gasteiger partial charge in [-0.05, 0) is 36.5 Å². The highest BCUT2D eigenvalue weighted by molar-refractivity contribution is 5.82. The van der Waals surface area contributed by atoms with Crippen LogP contribution >= 0.6 is 0 Å². The normalized spacial score (nSPS) is 15.2. The van der Waals surface area contributed by atoms with Crippen LogP contribution in [0, 0.1) is 0 Å². The highest BCUT2D eigenvalue weighted by atomic mass is 16.2. The molecule has 0 bridgehead atoms. The van der Waals surface area contributed by atoms with Crippen molar-refractivity contribution < 1.29 is 4.79 Å². The molecular weight excluding hydrogens is 310 g/mol. The third-order valence-electron chi connectivity index (χ3n) is 4.84. The number of hydrogen-bond acceptors (Lipinski definition) is 3. The van der Waals surface area contributed by atoms with E-state index in [1.165, 1.54) is 24.1 Å². The molecule has 1 aliphatic heterocycles. The van der Waals surface area contributed by atoms with Crippen molar-refractivity contribution in [3.05, 3.63) is 65.7 Å². The molecule has 2 N–H and O–H groups in total. The molecule has 0 aromatic heterocycles. The molecule has 0 spiro atoms. The van der Waals surface area contributed by atoms with Crippen LogP contribution in [-0.2, 0) is 17.8 Å². The maximum absolute atomic E-state index is 12.7. The van der Waals surface area contributed by atoms with Crippen molar-refractivity contribution in [2.45, 2.75) is 31.8 Å². The Kier molecular flexibility index (Phi) is 5.71. The molecule has 1 fully saturated rings. The van der Waals surface area contributed by atoms with Gasteiger partial charge < -0.3 is 15.5 Å². The Labute approximate surface area is 150 Å². The van der Waals surface area contributed by atoms with Crippen LogP contribution in [0.15, 0.2) is 54.6 Å². The smallest absolute Gasteiger partial charge is 0.239 e. The van der Waals surface area contributed by atoms with Crippen molar-refractivity contribution >= 4 is 11.6 Å². The Hall–Kier alpha value is -2.33. The monoisotopic (exact) mass is 337 g/mol. The SMILES string of the molecule is CN(Cc1ccccc1N1CCCC1)C(=O)C(N)Cc1ccccc1. The van der Waals surface area contributed by atoms with Gasteiger partial charge in [0.25, 0.3) is 0 Å². The minimum Gasteiger partial charge on any atom is -0.371 e. The lowest BCUT2D eigenvalue weighted by Gasteiger charge is -2.26. The van der Waals surface area contributed by atoms with E-state index in [2.05, 4.69) is 23.1 Å². The van der Waals surface area contributed by atoms with Crippen LogP contribution in [0.4, 0.5) is 5.69 Å². The molecular formula is C21H27N3O. The van der Waals surface area contributed by atoms with Crippen LogP contribution in [0.3, 0.4) is 0 Å². The van der Waals surface area contributed by atoms with Crippen LogP contribution in [0.2, 0.25) is 0 Å². The third kappa shape index (κ3) is 4.40. The van der Waals surface area contributed by atoms with Gasteiger partial charge in [0.15, 0.2) is 0 Å². The Morgan fingerprint density at radius 1 is 1.08 bits per heavy atom. The summed E-state index contributed by atoms with van der Waals surface area (Å²) in [7, 11) is 1.84. The average molecular weight is 337 g/mol. The van der Waals surface area contributed by atoms with Crippen LogP contribution in [0.5, 0.6) is 0 Å². The molecule has 2 aromatic rings. The zero-order chi connectivity index (χ0) is 17.6. The first-order chi connectivity index (χ1) is 12.1. The van der Waals surface area contributed by atoms with Crippen molar-refractivity contribution in [2.75, 3.05) is 25.0 Å². The minimum atomic E-state index is -0.508. The fourth-order valence-corrected chi connectivity index (χ4v) is 3.48. The van der Waals surface area contributed by atoms with Gasteiger partial charge in [-0.2, -0.15) is 0 Å². The number of nitrogens with two attached hydrogens (primary N) is 1. The van der Waals surface area contributed by atoms with E-state index in [-0.39, 0.29) is 5.91 Å². The van der Waals surface area contributed by atoms with Gasteiger partial charge in [-0.1, -0.05) is 48.5 Å². The molecule has 0 saturated carbocycles. The van der Waals surface area contributed by atoms with Crippen molar-refractivity contribution in [3.8, 4) is 0 Å². The van der Waals surface area contributed by atoms with Crippen molar-refractivity contribution in [3.63, 3.8) is 0 Å². The number of benzene rings is 2. The first kappa shape index (κ1) is 17.5. The van der Waals surface area contributed by atoms with Crippen LogP contribution in [0.1, 0.15) is 24.0 Å². The predicted octanol–water partition coefficient (Wildman–Crippen LogP) is 2.82. The van der Waals surface area contributed by atoms with Gasteiger partial charge in [0.05, 0.1) is 6.04 Å². The zero-order valence-corrected chi connectivity index (χ0v) is 14.9. The Morgan fingerprint density at radius 2 is 1.72 bits per heavy atom. The van der Waals surface area contributed by atoms with Gasteiger partial charge in [0.2, 0.25) is 5.91 Å². The highest BCUT2D eigenvalue weighted by Crippen LogP contribution is 2.25. The van der Waals surface area contributed by atoms with E-state index in [1.54, 1.807) is 4.90 Å². The number of likely N-dealkylation sites (N-methyl/N-ethyl adjacent to an activating group) is 1. The molecule has 1 saturated heterocycles. The summed E-state index contributed by atoms with van der Waals surface area (Å²) in [5, 5.41) is 0. The summed E-state index contributed by atoms with van der Waals surface area (Å²) in [6.07, 6.45) is 3.05. The topological polar surface area (TPSA) is 49.6 Å². The van der Waals surface area contributed by atoms with Gasteiger partial charge >= 0.3 is 0 Å². The van der Waals surface area contributed by atoms with E-state index in [4.69, 9.17) is 5.73 Å². The second-order valence-electron chi connectivity index (χ2n) is 6.81. The second-order valence-corrected chi connectivity index (χ2v) is 6.81. The molecule has 0 radical (unpaired) electrons. The lowest BCUT2D eigenvalue weighted by atomic mass is 10.1. The highest BCUT2D eigenvalue weighted by Gasteiger charge is 2.21. The second kappa shape index (κ2) is 8.17. The molecule has 3 rings (SSSR count). The molecule has 0 aliphatic carbocycles. The average Bonchev–Trinajstić information content (AvgIpc) is 3.16. The lowest BCUT2D eigenvalue weighted by molar-refractivity contribution is -0.131. The summed E-state index contributed by atoms with van der Waals surface area (Å²) >= 11 is 0. The molecule has 4 nitrogen and oxygen atoms in total. The summed E-state index contributed by atoms with van der Waals surface area (Å²) in [6.45, 7) is 2.79. The predicted molar refractivity (Wildman–Crippen MR) is 102 cm³/mol. The number of carbonyl (C=O) groups is 1. The number of anilines is 1.